The van der Waals surface area contributed by atoms with E-state index in [1.165, 1.54) is 11.3 Å². The first-order chi connectivity index (χ1) is 12.8. The van der Waals surface area contributed by atoms with E-state index in [0.29, 0.717) is 31.9 Å². The molecule has 1 aromatic heterocycles. The van der Waals surface area contributed by atoms with Gasteiger partial charge in [-0.25, -0.2) is 4.98 Å². The largest absolute Gasteiger partial charge is 0.497 e. The van der Waals surface area contributed by atoms with Crippen molar-refractivity contribution in [3.8, 4) is 16.3 Å². The average molecular weight is 388 g/mol. The summed E-state index contributed by atoms with van der Waals surface area (Å²) in [4.78, 5) is 33.3. The first-order valence-corrected chi connectivity index (χ1v) is 9.86. The summed E-state index contributed by atoms with van der Waals surface area (Å²) in [6.07, 6.45) is 0. The number of aromatic nitrogens is 1. The van der Waals surface area contributed by atoms with Crippen LogP contribution < -0.4 is 4.74 Å². The van der Waals surface area contributed by atoms with E-state index in [0.717, 1.165) is 16.3 Å². The number of carbonyl (C=O) groups is 2. The van der Waals surface area contributed by atoms with Crippen molar-refractivity contribution in [2.75, 3.05) is 33.3 Å². The molecule has 0 unspecified atom stereocenters. The highest BCUT2D eigenvalue weighted by Crippen LogP contribution is 2.26. The molecule has 1 aliphatic rings. The number of carbonyl (C=O) groups excluding carboxylic acids is 2. The number of hydrogen-bond donors (Lipinski definition) is 0. The topological polar surface area (TPSA) is 62.7 Å². The van der Waals surface area contributed by atoms with Crippen LogP contribution in [0, 0.1) is 5.41 Å². The van der Waals surface area contributed by atoms with Crippen molar-refractivity contribution in [3.05, 3.63) is 35.3 Å². The molecule has 1 aromatic carbocycles. The van der Waals surface area contributed by atoms with Gasteiger partial charge in [-0.15, -0.1) is 11.3 Å². The smallest absolute Gasteiger partial charge is 0.273 e. The highest BCUT2D eigenvalue weighted by Gasteiger charge is 2.31. The van der Waals surface area contributed by atoms with Gasteiger partial charge in [0.2, 0.25) is 5.91 Å². The molecule has 2 heterocycles. The van der Waals surface area contributed by atoms with Crippen LogP contribution in [0.2, 0.25) is 0 Å². The molecule has 0 atom stereocenters. The molecule has 6 nitrogen and oxygen atoms in total. The van der Waals surface area contributed by atoms with Crippen molar-refractivity contribution in [3.63, 3.8) is 0 Å². The van der Waals surface area contributed by atoms with Gasteiger partial charge in [0, 0.05) is 42.5 Å². The van der Waals surface area contributed by atoms with Crippen LogP contribution in [-0.4, -0.2) is 59.9 Å². The van der Waals surface area contributed by atoms with E-state index in [1.54, 1.807) is 17.4 Å². The number of ether oxygens (including phenoxy) is 1. The Bertz CT molecular complexity index is 816. The summed E-state index contributed by atoms with van der Waals surface area (Å²) in [7, 11) is 1.63. The summed E-state index contributed by atoms with van der Waals surface area (Å²) < 4.78 is 5.17. The monoisotopic (exact) mass is 387 g/mol. The molecule has 7 heteroatoms. The number of nitrogens with zero attached hydrogens (tertiary/aromatic N) is 3. The van der Waals surface area contributed by atoms with Crippen molar-refractivity contribution >= 4 is 23.2 Å². The molecule has 3 rings (SSSR count). The standard InChI is InChI=1S/C20H25N3O3S/c1-20(2,3)19(25)23-11-9-22(10-12-23)18(24)16-13-27-17(21-16)14-5-7-15(26-4)8-6-14/h5-8,13H,9-12H2,1-4H3. The lowest BCUT2D eigenvalue weighted by Crippen LogP contribution is -2.53. The first kappa shape index (κ1) is 19.4. The van der Waals surface area contributed by atoms with E-state index in [2.05, 4.69) is 4.98 Å². The minimum absolute atomic E-state index is 0.0751. The van der Waals surface area contributed by atoms with Crippen molar-refractivity contribution in [2.24, 2.45) is 5.41 Å². The molecule has 144 valence electrons. The van der Waals surface area contributed by atoms with Gasteiger partial charge >= 0.3 is 0 Å². The van der Waals surface area contributed by atoms with Gasteiger partial charge < -0.3 is 14.5 Å². The fourth-order valence-electron chi connectivity index (χ4n) is 2.99. The Morgan fingerprint density at radius 2 is 1.63 bits per heavy atom. The number of rotatable bonds is 3. The number of benzene rings is 1. The number of thiazole rings is 1. The van der Waals surface area contributed by atoms with Gasteiger partial charge in [-0.05, 0) is 24.3 Å². The third-order valence-corrected chi connectivity index (χ3v) is 5.45. The van der Waals surface area contributed by atoms with Crippen LogP contribution >= 0.6 is 11.3 Å². The van der Waals surface area contributed by atoms with Gasteiger partial charge in [0.05, 0.1) is 7.11 Å². The molecule has 1 saturated heterocycles. The quantitative estimate of drug-likeness (QED) is 0.812. The van der Waals surface area contributed by atoms with Gasteiger partial charge in [-0.1, -0.05) is 20.8 Å². The molecular formula is C20H25N3O3S. The third kappa shape index (κ3) is 4.30. The molecule has 1 aliphatic heterocycles. The molecule has 27 heavy (non-hydrogen) atoms. The molecule has 0 radical (unpaired) electrons. The fraction of sp³-hybridized carbons (Fsp3) is 0.450. The molecule has 0 bridgehead atoms. The van der Waals surface area contributed by atoms with Crippen LogP contribution in [0.4, 0.5) is 0 Å². The predicted octanol–water partition coefficient (Wildman–Crippen LogP) is 3.15. The molecule has 0 spiro atoms. The number of amides is 2. The Hall–Kier alpha value is -2.41. The molecular weight excluding hydrogens is 362 g/mol. The van der Waals surface area contributed by atoms with Crippen molar-refractivity contribution in [1.82, 2.24) is 14.8 Å². The Labute approximate surface area is 163 Å². The Morgan fingerprint density at radius 3 is 2.19 bits per heavy atom. The summed E-state index contributed by atoms with van der Waals surface area (Å²) in [5.41, 5.74) is 1.02. The lowest BCUT2D eigenvalue weighted by atomic mass is 9.94. The van der Waals surface area contributed by atoms with Gasteiger partial charge in [0.1, 0.15) is 16.5 Å². The molecule has 0 saturated carbocycles. The van der Waals surface area contributed by atoms with E-state index >= 15 is 0 Å². The molecule has 1 fully saturated rings. The maximum absolute atomic E-state index is 12.8. The van der Waals surface area contributed by atoms with Gasteiger partial charge in [-0.2, -0.15) is 0 Å². The van der Waals surface area contributed by atoms with Crippen LogP contribution in [0.5, 0.6) is 5.75 Å². The highest BCUT2D eigenvalue weighted by atomic mass is 32.1. The summed E-state index contributed by atoms with van der Waals surface area (Å²) in [6, 6.07) is 7.62. The zero-order valence-corrected chi connectivity index (χ0v) is 17.0. The summed E-state index contributed by atoms with van der Waals surface area (Å²) >= 11 is 1.45. The van der Waals surface area contributed by atoms with Gasteiger partial charge in [-0.3, -0.25) is 9.59 Å². The van der Waals surface area contributed by atoms with E-state index in [-0.39, 0.29) is 11.8 Å². The molecule has 0 aliphatic carbocycles. The second kappa shape index (κ2) is 7.68. The third-order valence-electron chi connectivity index (χ3n) is 4.56. The maximum Gasteiger partial charge on any atom is 0.273 e. The van der Waals surface area contributed by atoms with E-state index < -0.39 is 5.41 Å². The number of methoxy groups -OCH3 is 1. The van der Waals surface area contributed by atoms with E-state index in [4.69, 9.17) is 4.74 Å². The maximum atomic E-state index is 12.8. The van der Waals surface area contributed by atoms with Gasteiger partial charge in [0.25, 0.3) is 5.91 Å². The SMILES string of the molecule is COc1ccc(-c2nc(C(=O)N3CCN(C(=O)C(C)(C)C)CC3)cs2)cc1. The van der Waals surface area contributed by atoms with Crippen molar-refractivity contribution in [1.29, 1.82) is 0 Å². The van der Waals surface area contributed by atoms with Crippen molar-refractivity contribution in [2.45, 2.75) is 20.8 Å². The average Bonchev–Trinajstić information content (AvgIpc) is 3.16. The lowest BCUT2D eigenvalue weighted by Gasteiger charge is -2.37. The van der Waals surface area contributed by atoms with Crippen LogP contribution in [0.15, 0.2) is 29.6 Å². The van der Waals surface area contributed by atoms with E-state index in [9.17, 15) is 9.59 Å². The summed E-state index contributed by atoms with van der Waals surface area (Å²) in [6.45, 7) is 7.97. The zero-order valence-electron chi connectivity index (χ0n) is 16.2. The lowest BCUT2D eigenvalue weighted by molar-refractivity contribution is -0.140. The molecule has 2 amide bonds. The normalized spacial score (nSPS) is 15.0. The number of piperazine rings is 1. The second-order valence-corrected chi connectivity index (χ2v) is 8.46. The van der Waals surface area contributed by atoms with E-state index in [1.807, 2.05) is 49.9 Å². The zero-order chi connectivity index (χ0) is 19.6. The Morgan fingerprint density at radius 1 is 1.04 bits per heavy atom. The molecule has 2 aromatic rings. The summed E-state index contributed by atoms with van der Waals surface area (Å²) in [5, 5.41) is 2.61. The van der Waals surface area contributed by atoms with Crippen LogP contribution in [-0.2, 0) is 4.79 Å². The van der Waals surface area contributed by atoms with Crippen LogP contribution in [0.3, 0.4) is 0 Å². The first-order valence-electron chi connectivity index (χ1n) is 8.98. The molecule has 0 N–H and O–H groups in total. The Balaban J connectivity index is 1.64. The predicted molar refractivity (Wildman–Crippen MR) is 106 cm³/mol. The van der Waals surface area contributed by atoms with Crippen molar-refractivity contribution < 1.29 is 14.3 Å². The van der Waals surface area contributed by atoms with Gasteiger partial charge in [0.15, 0.2) is 0 Å². The number of hydrogen-bond acceptors (Lipinski definition) is 5. The Kier molecular flexibility index (Phi) is 5.51. The summed E-state index contributed by atoms with van der Waals surface area (Å²) in [5.74, 6) is 0.841. The fourth-order valence-corrected chi connectivity index (χ4v) is 3.79. The highest BCUT2D eigenvalue weighted by molar-refractivity contribution is 7.13. The minimum atomic E-state index is -0.394. The second-order valence-electron chi connectivity index (χ2n) is 7.60. The van der Waals surface area contributed by atoms with Crippen LogP contribution in [0.1, 0.15) is 31.3 Å². The minimum Gasteiger partial charge on any atom is -0.497 e. The van der Waals surface area contributed by atoms with Crippen LogP contribution in [0.25, 0.3) is 10.6 Å².